The first-order chi connectivity index (χ1) is 5.20. The molecule has 0 aliphatic carbocycles. The Kier molecular flexibility index (Phi) is 6.85. The van der Waals surface area contributed by atoms with Crippen LogP contribution in [-0.2, 0) is 4.43 Å². The zero-order valence-corrected chi connectivity index (χ0v) is 8.92. The first kappa shape index (κ1) is 11.1. The summed E-state index contributed by atoms with van der Waals surface area (Å²) in [6.45, 7) is 4.14. The largest absolute Gasteiger partial charge is 0.409 e. The normalized spacial score (nSPS) is 16.4. The van der Waals surface area contributed by atoms with Gasteiger partial charge in [0, 0.05) is 13.3 Å². The van der Waals surface area contributed by atoms with Crippen molar-refractivity contribution in [3.8, 4) is 0 Å². The Hall–Kier alpha value is 0.0969. The molecule has 0 fully saturated rings. The van der Waals surface area contributed by atoms with Gasteiger partial charge in [0.05, 0.1) is 0 Å². The molecule has 0 saturated heterocycles. The fourth-order valence-corrected chi connectivity index (χ4v) is 2.86. The summed E-state index contributed by atoms with van der Waals surface area (Å²) in [7, 11) is 0.602. The van der Waals surface area contributed by atoms with Crippen LogP contribution in [0.4, 0.5) is 0 Å². The number of nitrogens with one attached hydrogen (secondary N) is 1. The van der Waals surface area contributed by atoms with E-state index in [1.165, 1.54) is 18.9 Å². The molecular weight excluding hydrogens is 156 g/mol. The fourth-order valence-electron chi connectivity index (χ4n) is 0.952. The molecule has 0 radical (unpaired) electrons. The van der Waals surface area contributed by atoms with Crippen molar-refractivity contribution in [1.82, 2.24) is 4.98 Å². The second kappa shape index (κ2) is 6.79. The third kappa shape index (κ3) is 6.49. The van der Waals surface area contributed by atoms with Crippen molar-refractivity contribution in [2.24, 2.45) is 5.73 Å². The molecule has 11 heavy (non-hydrogen) atoms. The highest BCUT2D eigenvalue weighted by molar-refractivity contribution is 6.48. The molecule has 2 unspecified atom stereocenters. The van der Waals surface area contributed by atoms with Crippen LogP contribution in [0.3, 0.4) is 0 Å². The molecule has 4 heteroatoms. The third-order valence-electron chi connectivity index (χ3n) is 1.55. The van der Waals surface area contributed by atoms with Gasteiger partial charge in [-0.05, 0) is 13.0 Å². The maximum atomic E-state index is 5.58. The number of hydrogen-bond acceptors (Lipinski definition) is 3. The molecule has 0 aliphatic heterocycles. The van der Waals surface area contributed by atoms with Crippen LogP contribution in [0.1, 0.15) is 26.7 Å². The summed E-state index contributed by atoms with van der Waals surface area (Å²) in [5, 5.41) is 0. The molecule has 0 bridgehead atoms. The van der Waals surface area contributed by atoms with Crippen LogP contribution in [0.5, 0.6) is 0 Å². The Morgan fingerprint density at radius 1 is 1.64 bits per heavy atom. The Morgan fingerprint density at radius 3 is 2.64 bits per heavy atom. The average Bonchev–Trinajstić information content (AvgIpc) is 1.97. The van der Waals surface area contributed by atoms with Crippen LogP contribution < -0.4 is 10.7 Å². The second-order valence-corrected chi connectivity index (χ2v) is 5.18. The van der Waals surface area contributed by atoms with E-state index in [1.54, 1.807) is 7.11 Å². The molecule has 2 atom stereocenters. The molecule has 3 nitrogen and oxygen atoms in total. The van der Waals surface area contributed by atoms with E-state index in [4.69, 9.17) is 10.2 Å². The average molecular weight is 176 g/mol. The van der Waals surface area contributed by atoms with E-state index in [-0.39, 0.29) is 6.17 Å². The number of nitrogens with two attached hydrogens (primary N) is 1. The Morgan fingerprint density at radius 2 is 2.27 bits per heavy atom. The van der Waals surface area contributed by atoms with Crippen molar-refractivity contribution < 1.29 is 4.43 Å². The molecule has 0 spiro atoms. The minimum atomic E-state index is -1.16. The predicted octanol–water partition coefficient (Wildman–Crippen LogP) is 0.548. The number of hydrogen-bond donors (Lipinski definition) is 2. The monoisotopic (exact) mass is 176 g/mol. The van der Waals surface area contributed by atoms with E-state index in [0.29, 0.717) is 0 Å². The van der Waals surface area contributed by atoms with Crippen LogP contribution in [0, 0.1) is 0 Å². The maximum Gasteiger partial charge on any atom is 0.253 e. The van der Waals surface area contributed by atoms with Crippen molar-refractivity contribution in [3.05, 3.63) is 0 Å². The lowest BCUT2D eigenvalue weighted by Crippen LogP contribution is -2.46. The Labute approximate surface area is 71.1 Å². The first-order valence-corrected chi connectivity index (χ1v) is 6.11. The summed E-state index contributed by atoms with van der Waals surface area (Å²) in [5.74, 6) is 0. The molecule has 68 valence electrons. The molecule has 0 saturated carbocycles. The number of unbranched alkanes of at least 4 members (excludes halogenated alkanes) is 1. The van der Waals surface area contributed by atoms with Gasteiger partial charge in [-0.2, -0.15) is 0 Å². The highest BCUT2D eigenvalue weighted by Crippen LogP contribution is 1.99. The van der Waals surface area contributed by atoms with Gasteiger partial charge in [-0.1, -0.05) is 19.8 Å². The van der Waals surface area contributed by atoms with Crippen molar-refractivity contribution in [2.75, 3.05) is 7.11 Å². The lowest BCUT2D eigenvalue weighted by Gasteiger charge is -2.16. The Bertz CT molecular complexity index is 90.5. The molecule has 0 aromatic carbocycles. The zero-order chi connectivity index (χ0) is 8.69. The highest BCUT2D eigenvalue weighted by Gasteiger charge is 2.09. The quantitative estimate of drug-likeness (QED) is 0.459. The van der Waals surface area contributed by atoms with Crippen LogP contribution in [0.25, 0.3) is 0 Å². The van der Waals surface area contributed by atoms with Gasteiger partial charge in [0.25, 0.3) is 9.20 Å². The van der Waals surface area contributed by atoms with Gasteiger partial charge in [0.2, 0.25) is 0 Å². The molecule has 0 aromatic rings. The van der Waals surface area contributed by atoms with Gasteiger partial charge in [-0.3, -0.25) is 0 Å². The summed E-state index contributed by atoms with van der Waals surface area (Å²) in [5.41, 5.74) is 5.58. The SMILES string of the molecule is CCCC[SiH](NC(C)N)OC. The van der Waals surface area contributed by atoms with E-state index in [1.807, 2.05) is 6.92 Å². The summed E-state index contributed by atoms with van der Waals surface area (Å²) in [4.78, 5) is 3.26. The summed E-state index contributed by atoms with van der Waals surface area (Å²) in [6, 6.07) is 1.18. The van der Waals surface area contributed by atoms with Crippen LogP contribution in [-0.4, -0.2) is 22.5 Å². The minimum absolute atomic E-state index is 0.0727. The molecule has 0 aliphatic rings. The van der Waals surface area contributed by atoms with E-state index in [2.05, 4.69) is 11.9 Å². The van der Waals surface area contributed by atoms with Crippen LogP contribution >= 0.6 is 0 Å². The van der Waals surface area contributed by atoms with Gasteiger partial charge in [-0.15, -0.1) is 0 Å². The Balaban J connectivity index is 3.41. The summed E-state index contributed by atoms with van der Waals surface area (Å²) < 4.78 is 5.31. The summed E-state index contributed by atoms with van der Waals surface area (Å²) >= 11 is 0. The number of rotatable bonds is 6. The highest BCUT2D eigenvalue weighted by atomic mass is 28.3. The van der Waals surface area contributed by atoms with Gasteiger partial charge in [0.1, 0.15) is 0 Å². The van der Waals surface area contributed by atoms with E-state index in [0.717, 1.165) is 0 Å². The van der Waals surface area contributed by atoms with Crippen molar-refractivity contribution in [3.63, 3.8) is 0 Å². The third-order valence-corrected chi connectivity index (χ3v) is 3.95. The van der Waals surface area contributed by atoms with Gasteiger partial charge in [0.15, 0.2) is 0 Å². The smallest absolute Gasteiger partial charge is 0.253 e. The molecule has 0 rings (SSSR count). The lowest BCUT2D eigenvalue weighted by atomic mass is 10.4. The standard InChI is InChI=1S/C7H20N2OSi/c1-4-5-6-11(10-3)9-7(2)8/h7,9,11H,4-6,8H2,1-3H3. The topological polar surface area (TPSA) is 47.3 Å². The zero-order valence-electron chi connectivity index (χ0n) is 7.76. The molecule has 0 heterocycles. The molecular formula is C7H20N2OSi. The van der Waals surface area contributed by atoms with Crippen LogP contribution in [0.2, 0.25) is 6.04 Å². The fraction of sp³-hybridized carbons (Fsp3) is 1.00. The van der Waals surface area contributed by atoms with E-state index >= 15 is 0 Å². The second-order valence-electron chi connectivity index (χ2n) is 2.82. The van der Waals surface area contributed by atoms with Gasteiger partial charge >= 0.3 is 0 Å². The van der Waals surface area contributed by atoms with Crippen molar-refractivity contribution in [2.45, 2.75) is 38.9 Å². The van der Waals surface area contributed by atoms with E-state index in [9.17, 15) is 0 Å². The molecule has 0 amide bonds. The first-order valence-electron chi connectivity index (χ1n) is 4.25. The summed E-state index contributed by atoms with van der Waals surface area (Å²) in [6.07, 6.45) is 2.54. The van der Waals surface area contributed by atoms with Crippen LogP contribution in [0.15, 0.2) is 0 Å². The maximum absolute atomic E-state index is 5.58. The minimum Gasteiger partial charge on any atom is -0.409 e. The lowest BCUT2D eigenvalue weighted by molar-refractivity contribution is 0.396. The van der Waals surface area contributed by atoms with Gasteiger partial charge < -0.3 is 15.1 Å². The predicted molar refractivity (Wildman–Crippen MR) is 50.7 cm³/mol. The van der Waals surface area contributed by atoms with Crippen molar-refractivity contribution in [1.29, 1.82) is 0 Å². The molecule has 3 N–H and O–H groups in total. The van der Waals surface area contributed by atoms with E-state index < -0.39 is 9.20 Å². The molecule has 0 aromatic heterocycles. The van der Waals surface area contributed by atoms with Crippen molar-refractivity contribution >= 4 is 9.20 Å². The van der Waals surface area contributed by atoms with Gasteiger partial charge in [-0.25, -0.2) is 0 Å².